The summed E-state index contributed by atoms with van der Waals surface area (Å²) in [7, 11) is 0. The van der Waals surface area contributed by atoms with Crippen LogP contribution >= 0.6 is 0 Å². The molecule has 9 heteroatoms. The number of nitrogen functional groups attached to an aromatic ring is 1. The molecular formula is C27H31N7O2. The highest BCUT2D eigenvalue weighted by atomic mass is 16.2. The zero-order chi connectivity index (χ0) is 25.3. The van der Waals surface area contributed by atoms with Crippen molar-refractivity contribution in [3.05, 3.63) is 95.8 Å². The Bertz CT molecular complexity index is 1180. The first kappa shape index (κ1) is 24.9. The van der Waals surface area contributed by atoms with Gasteiger partial charge in [-0.2, -0.15) is 0 Å². The van der Waals surface area contributed by atoms with Gasteiger partial charge in [-0.3, -0.25) is 24.9 Å². The van der Waals surface area contributed by atoms with Gasteiger partial charge in [-0.05, 0) is 35.4 Å². The Balaban J connectivity index is 1.33. The van der Waals surface area contributed by atoms with E-state index in [1.807, 2.05) is 48.5 Å². The fourth-order valence-corrected chi connectivity index (χ4v) is 4.17. The molecule has 2 amide bonds. The molecule has 3 aromatic rings. The van der Waals surface area contributed by atoms with Crippen molar-refractivity contribution < 1.29 is 9.59 Å². The Labute approximate surface area is 210 Å². The lowest BCUT2D eigenvalue weighted by molar-refractivity contribution is -0.134. The minimum absolute atomic E-state index is 0.0502. The number of anilines is 1. The van der Waals surface area contributed by atoms with E-state index in [-0.39, 0.29) is 24.2 Å². The summed E-state index contributed by atoms with van der Waals surface area (Å²) in [6, 6.07) is 19.7. The molecule has 4 rings (SSSR count). The molecular weight excluding hydrogens is 454 g/mol. The van der Waals surface area contributed by atoms with Crippen molar-refractivity contribution in [1.82, 2.24) is 20.1 Å². The smallest absolute Gasteiger partial charge is 0.247 e. The third-order valence-corrected chi connectivity index (χ3v) is 6.17. The number of carbonyl (C=O) groups is 2. The number of hydrogen-bond donors (Lipinski definition) is 4. The Morgan fingerprint density at radius 1 is 0.972 bits per heavy atom. The summed E-state index contributed by atoms with van der Waals surface area (Å²) < 4.78 is 0. The first-order valence-corrected chi connectivity index (χ1v) is 11.9. The van der Waals surface area contributed by atoms with Gasteiger partial charge < -0.3 is 21.3 Å². The fraction of sp³-hybridized carbons (Fsp3) is 0.259. The van der Waals surface area contributed by atoms with E-state index < -0.39 is 6.04 Å². The zero-order valence-electron chi connectivity index (χ0n) is 20.1. The topological polar surface area (TPSA) is 127 Å². The highest BCUT2D eigenvalue weighted by Gasteiger charge is 2.24. The number of piperazine rings is 1. The number of carbonyl (C=O) groups excluding carboxylic acids is 2. The van der Waals surface area contributed by atoms with E-state index in [0.29, 0.717) is 24.3 Å². The Hall–Kier alpha value is -4.24. The fourth-order valence-electron chi connectivity index (χ4n) is 4.17. The maximum Gasteiger partial charge on any atom is 0.247 e. The maximum atomic E-state index is 13.2. The summed E-state index contributed by atoms with van der Waals surface area (Å²) in [5, 5.41) is 13.7. The number of pyridine rings is 1. The number of nitrogens with two attached hydrogens (primary N) is 1. The van der Waals surface area contributed by atoms with Gasteiger partial charge in [0.15, 0.2) is 0 Å². The number of rotatable bonds is 9. The van der Waals surface area contributed by atoms with E-state index in [1.165, 1.54) is 5.56 Å². The van der Waals surface area contributed by atoms with Crippen LogP contribution in [0.3, 0.4) is 0 Å². The van der Waals surface area contributed by atoms with E-state index >= 15 is 0 Å². The molecule has 1 fully saturated rings. The molecule has 0 saturated carbocycles. The van der Waals surface area contributed by atoms with Crippen molar-refractivity contribution in [2.75, 3.05) is 38.0 Å². The molecule has 1 unspecified atom stereocenters. The average molecular weight is 486 g/mol. The van der Waals surface area contributed by atoms with Gasteiger partial charge in [-0.15, -0.1) is 0 Å². The van der Waals surface area contributed by atoms with Gasteiger partial charge in [0, 0.05) is 56.4 Å². The second-order valence-corrected chi connectivity index (χ2v) is 8.71. The SMILES string of the molecule is N=C(N)c1cccc(NC(C(=O)NCC(=O)N2CCN(Cc3ccncc3)CC2)c2ccccc2)c1. The molecule has 1 atom stereocenters. The van der Waals surface area contributed by atoms with Crippen molar-refractivity contribution >= 4 is 23.3 Å². The lowest BCUT2D eigenvalue weighted by Crippen LogP contribution is -2.51. The maximum absolute atomic E-state index is 13.2. The quantitative estimate of drug-likeness (QED) is 0.271. The molecule has 36 heavy (non-hydrogen) atoms. The van der Waals surface area contributed by atoms with Crippen LogP contribution < -0.4 is 16.4 Å². The summed E-state index contributed by atoms with van der Waals surface area (Å²) in [5.41, 5.74) is 8.79. The molecule has 0 bridgehead atoms. The molecule has 1 aliphatic heterocycles. The molecule has 2 aromatic carbocycles. The number of amidine groups is 1. The molecule has 9 nitrogen and oxygen atoms in total. The number of hydrogen-bond acceptors (Lipinski definition) is 6. The van der Waals surface area contributed by atoms with Crippen molar-refractivity contribution in [2.45, 2.75) is 12.6 Å². The van der Waals surface area contributed by atoms with Gasteiger partial charge in [-0.1, -0.05) is 42.5 Å². The second-order valence-electron chi connectivity index (χ2n) is 8.71. The number of aromatic nitrogens is 1. The number of benzene rings is 2. The Morgan fingerprint density at radius 3 is 2.39 bits per heavy atom. The molecule has 2 heterocycles. The van der Waals surface area contributed by atoms with Crippen LogP contribution in [0.5, 0.6) is 0 Å². The average Bonchev–Trinajstić information content (AvgIpc) is 2.92. The predicted molar refractivity (Wildman–Crippen MR) is 139 cm³/mol. The van der Waals surface area contributed by atoms with Crippen molar-refractivity contribution in [3.63, 3.8) is 0 Å². The molecule has 0 aliphatic carbocycles. The van der Waals surface area contributed by atoms with Gasteiger partial charge in [0.1, 0.15) is 11.9 Å². The number of amides is 2. The monoisotopic (exact) mass is 485 g/mol. The molecule has 1 saturated heterocycles. The standard InChI is InChI=1S/C27H31N7O2/c28-26(29)22-7-4-8-23(17-22)32-25(21-5-2-1-3-6-21)27(36)31-18-24(35)34-15-13-33(14-16-34)19-20-9-11-30-12-10-20/h1-12,17,25,32H,13-16,18-19H2,(H3,28,29)(H,31,36). The van der Waals surface area contributed by atoms with E-state index in [0.717, 1.165) is 25.2 Å². The van der Waals surface area contributed by atoms with Crippen LogP contribution in [0.4, 0.5) is 5.69 Å². The summed E-state index contributed by atoms with van der Waals surface area (Å²) in [4.78, 5) is 34.2. The summed E-state index contributed by atoms with van der Waals surface area (Å²) >= 11 is 0. The van der Waals surface area contributed by atoms with Gasteiger partial charge >= 0.3 is 0 Å². The zero-order valence-corrected chi connectivity index (χ0v) is 20.1. The Kier molecular flexibility index (Phi) is 8.25. The first-order valence-electron chi connectivity index (χ1n) is 11.9. The minimum atomic E-state index is -0.710. The minimum Gasteiger partial charge on any atom is -0.384 e. The molecule has 1 aliphatic rings. The van der Waals surface area contributed by atoms with Gasteiger partial charge in [0.05, 0.1) is 6.54 Å². The molecule has 0 radical (unpaired) electrons. The van der Waals surface area contributed by atoms with Crippen molar-refractivity contribution in [1.29, 1.82) is 5.41 Å². The van der Waals surface area contributed by atoms with E-state index in [9.17, 15) is 9.59 Å². The number of nitrogens with zero attached hydrogens (tertiary/aromatic N) is 3. The molecule has 0 spiro atoms. The summed E-state index contributed by atoms with van der Waals surface area (Å²) in [5.74, 6) is -0.456. The van der Waals surface area contributed by atoms with Crippen LogP contribution in [-0.4, -0.2) is 65.2 Å². The van der Waals surface area contributed by atoms with Crippen LogP contribution in [0.25, 0.3) is 0 Å². The van der Waals surface area contributed by atoms with Crippen LogP contribution in [0.2, 0.25) is 0 Å². The highest BCUT2D eigenvalue weighted by Crippen LogP contribution is 2.21. The normalized spacial score (nSPS) is 14.6. The van der Waals surface area contributed by atoms with E-state index in [2.05, 4.69) is 20.5 Å². The third-order valence-electron chi connectivity index (χ3n) is 6.17. The van der Waals surface area contributed by atoms with Crippen molar-refractivity contribution in [2.24, 2.45) is 5.73 Å². The molecule has 1 aromatic heterocycles. The van der Waals surface area contributed by atoms with Gasteiger partial charge in [0.25, 0.3) is 0 Å². The molecule has 186 valence electrons. The van der Waals surface area contributed by atoms with Crippen LogP contribution in [0, 0.1) is 5.41 Å². The van der Waals surface area contributed by atoms with Gasteiger partial charge in [0.2, 0.25) is 11.8 Å². The van der Waals surface area contributed by atoms with E-state index in [1.54, 1.807) is 35.5 Å². The summed E-state index contributed by atoms with van der Waals surface area (Å²) in [6.07, 6.45) is 3.57. The first-order chi connectivity index (χ1) is 17.5. The third kappa shape index (κ3) is 6.67. The van der Waals surface area contributed by atoms with Crippen LogP contribution in [0.1, 0.15) is 22.7 Å². The van der Waals surface area contributed by atoms with Crippen LogP contribution in [-0.2, 0) is 16.1 Å². The Morgan fingerprint density at radius 2 is 1.69 bits per heavy atom. The lowest BCUT2D eigenvalue weighted by atomic mass is 10.1. The van der Waals surface area contributed by atoms with Crippen LogP contribution in [0.15, 0.2) is 79.1 Å². The van der Waals surface area contributed by atoms with E-state index in [4.69, 9.17) is 11.1 Å². The second kappa shape index (κ2) is 11.9. The largest absolute Gasteiger partial charge is 0.384 e. The predicted octanol–water partition coefficient (Wildman–Crippen LogP) is 1.98. The number of nitrogens with one attached hydrogen (secondary N) is 3. The van der Waals surface area contributed by atoms with Crippen molar-refractivity contribution in [3.8, 4) is 0 Å². The molecule has 5 N–H and O–H groups in total. The highest BCUT2D eigenvalue weighted by molar-refractivity contribution is 5.96. The summed E-state index contributed by atoms with van der Waals surface area (Å²) in [6.45, 7) is 3.57. The lowest BCUT2D eigenvalue weighted by Gasteiger charge is -2.35. The van der Waals surface area contributed by atoms with Gasteiger partial charge in [-0.25, -0.2) is 0 Å².